The SMILES string of the molecule is CCn1c(-c2cccnc2C(C)OC)c(CC(C)(C)COC=O)c2cc(-c3cnn(CC(NC(=O)C(C(C)C)N(C)C=O)C(=O)N4CCCCN4)n3)ccc21. The molecule has 0 saturated carbocycles. The van der Waals surface area contributed by atoms with Gasteiger partial charge in [-0.15, -0.1) is 0 Å². The third-order valence-corrected chi connectivity index (χ3v) is 10.2. The number of benzene rings is 1. The Morgan fingerprint density at radius 3 is 2.58 bits per heavy atom. The number of carbonyl (C=O) groups excluding carboxylic acids is 4. The van der Waals surface area contributed by atoms with E-state index in [1.807, 2.05) is 32.9 Å². The van der Waals surface area contributed by atoms with Gasteiger partial charge in [-0.3, -0.25) is 29.2 Å². The Labute approximate surface area is 322 Å². The number of nitrogens with zero attached hydrogens (tertiary/aromatic N) is 7. The smallest absolute Gasteiger partial charge is 0.293 e. The predicted molar refractivity (Wildman–Crippen MR) is 208 cm³/mol. The van der Waals surface area contributed by atoms with E-state index < -0.39 is 23.4 Å². The molecular formula is C40H55N9O6. The lowest BCUT2D eigenvalue weighted by atomic mass is 9.84. The molecule has 0 aliphatic carbocycles. The van der Waals surface area contributed by atoms with Gasteiger partial charge in [-0.1, -0.05) is 33.8 Å². The van der Waals surface area contributed by atoms with Gasteiger partial charge in [0.25, 0.3) is 12.4 Å². The summed E-state index contributed by atoms with van der Waals surface area (Å²) < 4.78 is 13.3. The van der Waals surface area contributed by atoms with E-state index in [1.165, 1.54) is 9.70 Å². The van der Waals surface area contributed by atoms with E-state index in [0.717, 1.165) is 51.8 Å². The van der Waals surface area contributed by atoms with Gasteiger partial charge in [0, 0.05) is 67.4 Å². The van der Waals surface area contributed by atoms with Crippen molar-refractivity contribution in [1.29, 1.82) is 0 Å². The zero-order chi connectivity index (χ0) is 39.9. The van der Waals surface area contributed by atoms with Gasteiger partial charge in [-0.05, 0) is 68.9 Å². The highest BCUT2D eigenvalue weighted by atomic mass is 16.5. The lowest BCUT2D eigenvalue weighted by Crippen LogP contribution is -2.59. The fourth-order valence-electron chi connectivity index (χ4n) is 7.45. The van der Waals surface area contributed by atoms with E-state index in [0.29, 0.717) is 44.6 Å². The number of aryl methyl sites for hydroxylation is 1. The van der Waals surface area contributed by atoms with Crippen molar-refractivity contribution in [2.75, 3.05) is 33.9 Å². The fourth-order valence-corrected chi connectivity index (χ4v) is 7.45. The number of likely N-dealkylation sites (N-methyl/N-ethyl adjacent to an activating group) is 1. The molecule has 0 radical (unpaired) electrons. The Bertz CT molecular complexity index is 1970. The topological polar surface area (TPSA) is 166 Å². The fraction of sp³-hybridized carbons (Fsp3) is 0.525. The second-order valence-corrected chi connectivity index (χ2v) is 15.3. The van der Waals surface area contributed by atoms with E-state index >= 15 is 0 Å². The molecule has 5 rings (SSSR count). The molecule has 3 unspecified atom stereocenters. The lowest BCUT2D eigenvalue weighted by molar-refractivity contribution is -0.142. The standard InChI is InChI=1S/C40H55N9O6/c1-9-47-34-15-14-28(19-30(34)31(20-40(5,6)23-55-25-51)37(47)29-13-12-16-41-35(29)27(4)54-8)32-21-43-49(45-32)22-33(39(53)48-18-11-10-17-42-48)44-38(52)36(26(2)3)46(7)24-50/h12-16,19,21,24-27,33,36,42H,9-11,17-18,20,22-23H2,1-8H3,(H,44,52). The van der Waals surface area contributed by atoms with Gasteiger partial charge in [-0.25, -0.2) is 5.43 Å². The van der Waals surface area contributed by atoms with Crippen LogP contribution < -0.4 is 10.7 Å². The number of hydrogen-bond acceptors (Lipinski definition) is 10. The molecule has 296 valence electrons. The summed E-state index contributed by atoms with van der Waals surface area (Å²) in [6.45, 7) is 14.5. The van der Waals surface area contributed by atoms with Crippen molar-refractivity contribution in [1.82, 2.24) is 45.2 Å². The van der Waals surface area contributed by atoms with Crippen molar-refractivity contribution in [3.8, 4) is 22.5 Å². The number of hydrazine groups is 1. The summed E-state index contributed by atoms with van der Waals surface area (Å²) >= 11 is 0. The van der Waals surface area contributed by atoms with Gasteiger partial charge < -0.3 is 24.3 Å². The Balaban J connectivity index is 1.56. The molecule has 1 saturated heterocycles. The lowest BCUT2D eigenvalue weighted by Gasteiger charge is -2.33. The van der Waals surface area contributed by atoms with Crippen LogP contribution in [-0.4, -0.2) is 105 Å². The maximum Gasteiger partial charge on any atom is 0.293 e. The Hall–Kier alpha value is -5.15. The number of aromatic nitrogens is 5. The number of carbonyl (C=O) groups is 4. The van der Waals surface area contributed by atoms with Gasteiger partial charge in [0.2, 0.25) is 12.3 Å². The number of hydrogen-bond donors (Lipinski definition) is 2. The molecule has 1 aromatic carbocycles. The number of rotatable bonds is 18. The van der Waals surface area contributed by atoms with Gasteiger partial charge in [0.15, 0.2) is 0 Å². The minimum Gasteiger partial charge on any atom is -0.467 e. The molecule has 55 heavy (non-hydrogen) atoms. The van der Waals surface area contributed by atoms with Gasteiger partial charge in [-0.2, -0.15) is 15.0 Å². The second-order valence-electron chi connectivity index (χ2n) is 15.3. The molecular weight excluding hydrogens is 702 g/mol. The third-order valence-electron chi connectivity index (χ3n) is 10.2. The van der Waals surface area contributed by atoms with Crippen molar-refractivity contribution in [2.24, 2.45) is 11.3 Å². The maximum absolute atomic E-state index is 13.8. The highest BCUT2D eigenvalue weighted by Gasteiger charge is 2.34. The highest BCUT2D eigenvalue weighted by Crippen LogP contribution is 2.41. The second kappa shape index (κ2) is 18.0. The van der Waals surface area contributed by atoms with E-state index in [9.17, 15) is 19.2 Å². The number of pyridine rings is 1. The van der Waals surface area contributed by atoms with Gasteiger partial charge in [0.05, 0.1) is 36.8 Å². The van der Waals surface area contributed by atoms with E-state index in [1.54, 1.807) is 31.6 Å². The zero-order valence-corrected chi connectivity index (χ0v) is 33.2. The van der Waals surface area contributed by atoms with Crippen LogP contribution in [0.5, 0.6) is 0 Å². The summed E-state index contributed by atoms with van der Waals surface area (Å²) in [6, 6.07) is 8.43. The molecule has 2 N–H and O–H groups in total. The highest BCUT2D eigenvalue weighted by molar-refractivity contribution is 5.95. The molecule has 4 aromatic rings. The van der Waals surface area contributed by atoms with E-state index in [4.69, 9.17) is 19.6 Å². The van der Waals surface area contributed by atoms with E-state index in [-0.39, 0.29) is 31.1 Å². The summed E-state index contributed by atoms with van der Waals surface area (Å²) in [4.78, 5) is 57.7. The molecule has 15 heteroatoms. The van der Waals surface area contributed by atoms with Crippen LogP contribution in [0, 0.1) is 11.3 Å². The van der Waals surface area contributed by atoms with Crippen LogP contribution in [0.15, 0.2) is 42.7 Å². The van der Waals surface area contributed by atoms with E-state index in [2.05, 4.69) is 59.4 Å². The number of fused-ring (bicyclic) bond motifs is 1. The average molecular weight is 758 g/mol. The van der Waals surface area contributed by atoms with Crippen LogP contribution in [0.25, 0.3) is 33.4 Å². The monoisotopic (exact) mass is 757 g/mol. The molecule has 3 aromatic heterocycles. The average Bonchev–Trinajstić information content (AvgIpc) is 3.77. The first-order valence-corrected chi connectivity index (χ1v) is 19.0. The van der Waals surface area contributed by atoms with Crippen LogP contribution in [-0.2, 0) is 48.2 Å². The normalized spacial score (nSPS) is 15.1. The molecule has 15 nitrogen and oxygen atoms in total. The van der Waals surface area contributed by atoms with Gasteiger partial charge >= 0.3 is 0 Å². The molecule has 0 bridgehead atoms. The summed E-state index contributed by atoms with van der Waals surface area (Å²) in [7, 11) is 3.22. The van der Waals surface area contributed by atoms with Crippen LogP contribution in [0.4, 0.5) is 0 Å². The molecule has 1 aliphatic heterocycles. The van der Waals surface area contributed by atoms with Gasteiger partial charge in [0.1, 0.15) is 17.8 Å². The van der Waals surface area contributed by atoms with Crippen LogP contribution in [0.2, 0.25) is 0 Å². The van der Waals surface area contributed by atoms with Crippen LogP contribution in [0.1, 0.15) is 71.7 Å². The predicted octanol–water partition coefficient (Wildman–Crippen LogP) is 4.16. The van der Waals surface area contributed by atoms with Crippen LogP contribution >= 0.6 is 0 Å². The van der Waals surface area contributed by atoms with Crippen molar-refractivity contribution in [2.45, 2.75) is 92.1 Å². The Morgan fingerprint density at radius 1 is 1.15 bits per heavy atom. The van der Waals surface area contributed by atoms with Crippen molar-refractivity contribution in [3.05, 3.63) is 54.0 Å². The summed E-state index contributed by atoms with van der Waals surface area (Å²) in [5, 5.41) is 14.8. The number of ether oxygens (including phenoxy) is 2. The zero-order valence-electron chi connectivity index (χ0n) is 33.2. The van der Waals surface area contributed by atoms with Crippen LogP contribution in [0.3, 0.4) is 0 Å². The number of methoxy groups -OCH3 is 1. The third kappa shape index (κ3) is 9.22. The molecule has 0 spiro atoms. The van der Waals surface area contributed by atoms with Crippen molar-refractivity contribution >= 4 is 35.6 Å². The maximum atomic E-state index is 13.8. The number of nitrogens with one attached hydrogen (secondary N) is 2. The first-order valence-electron chi connectivity index (χ1n) is 19.0. The molecule has 3 atom stereocenters. The quantitative estimate of drug-likeness (QED) is 0.141. The number of amides is 3. The first-order chi connectivity index (χ1) is 26.3. The minimum atomic E-state index is -0.992. The molecule has 1 aliphatic rings. The van der Waals surface area contributed by atoms with Crippen molar-refractivity contribution in [3.63, 3.8) is 0 Å². The van der Waals surface area contributed by atoms with Crippen molar-refractivity contribution < 1.29 is 28.7 Å². The summed E-state index contributed by atoms with van der Waals surface area (Å²) in [5.74, 6) is -0.922. The molecule has 3 amide bonds. The first kappa shape index (κ1) is 41.0. The minimum absolute atomic E-state index is 0.0192. The summed E-state index contributed by atoms with van der Waals surface area (Å²) in [6.07, 6.45) is 6.17. The molecule has 1 fully saturated rings. The Morgan fingerprint density at radius 2 is 1.93 bits per heavy atom. The Kier molecular flexibility index (Phi) is 13.4. The summed E-state index contributed by atoms with van der Waals surface area (Å²) in [5.41, 5.74) is 9.05. The largest absolute Gasteiger partial charge is 0.467 e. The molecule has 4 heterocycles.